The lowest BCUT2D eigenvalue weighted by molar-refractivity contribution is -0.135. The molecule has 24 heavy (non-hydrogen) atoms. The zero-order valence-corrected chi connectivity index (χ0v) is 15.1. The molecular weight excluding hydrogens is 369 g/mol. The van der Waals surface area contributed by atoms with Gasteiger partial charge in [0.1, 0.15) is 6.29 Å². The number of carboxylic acids is 1. The van der Waals surface area contributed by atoms with E-state index in [2.05, 4.69) is 5.32 Å². The van der Waals surface area contributed by atoms with Gasteiger partial charge in [-0.3, -0.25) is 14.7 Å². The third-order valence-corrected chi connectivity index (χ3v) is 6.52. The Morgan fingerprint density at radius 2 is 1.42 bits per heavy atom. The first kappa shape index (κ1) is 19.1. The zero-order chi connectivity index (χ0) is 17.3. The summed E-state index contributed by atoms with van der Waals surface area (Å²) in [6.45, 7) is -0.331. The third-order valence-electron chi connectivity index (χ3n) is 2.56. The van der Waals surface area contributed by atoms with E-state index in [4.69, 9.17) is 13.0 Å². The van der Waals surface area contributed by atoms with Crippen LogP contribution in [0.15, 0.2) is 70.5 Å². The molecule has 0 saturated heterocycles. The standard InChI is InChI=1S/C15H16NO5PS2/c17-15(18)11-16-12-22(19,20-23-13-7-3-1-4-8-13)21-24-14-9-5-2-6-10-14/h1-10,16H,11-12H2,(H,17,18). The van der Waals surface area contributed by atoms with Gasteiger partial charge in [0.25, 0.3) is 0 Å². The number of aliphatic carboxylic acids is 1. The fourth-order valence-corrected chi connectivity index (χ4v) is 4.78. The van der Waals surface area contributed by atoms with Crippen molar-refractivity contribution in [3.8, 4) is 0 Å². The van der Waals surface area contributed by atoms with E-state index in [1.54, 1.807) is 0 Å². The molecule has 2 N–H and O–H groups in total. The number of carboxylic acid groups (broad SMARTS) is 1. The van der Waals surface area contributed by atoms with Crippen LogP contribution in [0.2, 0.25) is 0 Å². The average molecular weight is 385 g/mol. The molecule has 0 bridgehead atoms. The Labute approximate surface area is 148 Å². The molecule has 0 amide bonds. The van der Waals surface area contributed by atoms with Crippen LogP contribution < -0.4 is 5.32 Å². The van der Waals surface area contributed by atoms with E-state index in [0.717, 1.165) is 33.9 Å². The second-order valence-corrected chi connectivity index (χ2v) is 8.54. The lowest BCUT2D eigenvalue weighted by Gasteiger charge is -2.16. The van der Waals surface area contributed by atoms with Gasteiger partial charge in [0, 0.05) is 33.9 Å². The van der Waals surface area contributed by atoms with E-state index in [1.165, 1.54) is 0 Å². The largest absolute Gasteiger partial charge is 0.480 e. The molecule has 0 atom stereocenters. The van der Waals surface area contributed by atoms with Gasteiger partial charge in [-0.1, -0.05) is 36.4 Å². The van der Waals surface area contributed by atoms with Gasteiger partial charge in [-0.05, 0) is 24.3 Å². The number of nitrogens with one attached hydrogen (secondary N) is 1. The summed E-state index contributed by atoms with van der Waals surface area (Å²) in [5.41, 5.74) is 0. The lowest BCUT2D eigenvalue weighted by Crippen LogP contribution is -2.23. The van der Waals surface area contributed by atoms with Crippen LogP contribution in [-0.4, -0.2) is 23.9 Å². The summed E-state index contributed by atoms with van der Waals surface area (Å²) in [5, 5.41) is 11.2. The highest BCUT2D eigenvalue weighted by molar-refractivity contribution is 8.01. The van der Waals surface area contributed by atoms with Crippen molar-refractivity contribution in [2.45, 2.75) is 9.79 Å². The molecule has 0 aromatic heterocycles. The first-order chi connectivity index (χ1) is 11.6. The molecule has 9 heteroatoms. The van der Waals surface area contributed by atoms with Crippen LogP contribution in [-0.2, 0) is 17.3 Å². The number of rotatable bonds is 10. The minimum Gasteiger partial charge on any atom is -0.480 e. The van der Waals surface area contributed by atoms with E-state index in [0.29, 0.717) is 0 Å². The SMILES string of the molecule is O=C(O)CNCP(=O)(OSc1ccccc1)OSc1ccccc1. The maximum atomic E-state index is 12.8. The summed E-state index contributed by atoms with van der Waals surface area (Å²) in [6.07, 6.45) is -0.209. The summed E-state index contributed by atoms with van der Waals surface area (Å²) < 4.78 is 23.6. The highest BCUT2D eigenvalue weighted by Gasteiger charge is 2.27. The summed E-state index contributed by atoms with van der Waals surface area (Å²) >= 11 is 1.86. The van der Waals surface area contributed by atoms with Gasteiger partial charge in [0.2, 0.25) is 0 Å². The van der Waals surface area contributed by atoms with E-state index in [1.807, 2.05) is 60.7 Å². The predicted molar refractivity (Wildman–Crippen MR) is 94.9 cm³/mol. The molecule has 0 aliphatic rings. The Morgan fingerprint density at radius 1 is 0.958 bits per heavy atom. The lowest BCUT2D eigenvalue weighted by atomic mass is 10.4. The third kappa shape index (κ3) is 7.09. The van der Waals surface area contributed by atoms with Gasteiger partial charge in [-0.2, -0.15) is 0 Å². The molecule has 0 radical (unpaired) electrons. The average Bonchev–Trinajstić information content (AvgIpc) is 2.60. The Balaban J connectivity index is 1.96. The molecule has 0 fully saturated rings. The maximum Gasteiger partial charge on any atom is 0.367 e. The van der Waals surface area contributed by atoms with Crippen LogP contribution in [0.4, 0.5) is 0 Å². The van der Waals surface area contributed by atoms with Crippen molar-refractivity contribution in [2.24, 2.45) is 0 Å². The van der Waals surface area contributed by atoms with Crippen LogP contribution >= 0.6 is 31.7 Å². The van der Waals surface area contributed by atoms with Gasteiger partial charge in [-0.15, -0.1) is 0 Å². The Morgan fingerprint density at radius 3 is 1.83 bits per heavy atom. The van der Waals surface area contributed by atoms with Crippen molar-refractivity contribution < 1.29 is 22.4 Å². The normalized spacial score (nSPS) is 11.3. The van der Waals surface area contributed by atoms with Crippen LogP contribution in [0.1, 0.15) is 0 Å². The van der Waals surface area contributed by atoms with E-state index < -0.39 is 13.6 Å². The number of hydrogen-bond donors (Lipinski definition) is 2. The Bertz CT molecular complexity index is 639. The molecule has 0 aliphatic heterocycles. The first-order valence-electron chi connectivity index (χ1n) is 6.92. The summed E-state index contributed by atoms with van der Waals surface area (Å²) in [7, 11) is -3.55. The Kier molecular flexibility index (Phi) is 7.84. The minimum atomic E-state index is -3.55. The van der Waals surface area contributed by atoms with Crippen molar-refractivity contribution in [3.63, 3.8) is 0 Å². The predicted octanol–water partition coefficient (Wildman–Crippen LogP) is 4.26. The van der Waals surface area contributed by atoms with Crippen molar-refractivity contribution >= 4 is 37.7 Å². The zero-order valence-electron chi connectivity index (χ0n) is 12.5. The van der Waals surface area contributed by atoms with Crippen molar-refractivity contribution in [1.29, 1.82) is 0 Å². The van der Waals surface area contributed by atoms with Crippen molar-refractivity contribution in [2.75, 3.05) is 12.8 Å². The minimum absolute atomic E-state index is 0.209. The molecule has 2 rings (SSSR count). The van der Waals surface area contributed by atoms with Gasteiger partial charge in [-0.25, -0.2) is 7.94 Å². The van der Waals surface area contributed by atoms with Crippen LogP contribution in [0.25, 0.3) is 0 Å². The Hall–Kier alpha value is -1.28. The van der Waals surface area contributed by atoms with Gasteiger partial charge < -0.3 is 5.11 Å². The number of carbonyl (C=O) groups is 1. The molecule has 6 nitrogen and oxygen atoms in total. The van der Waals surface area contributed by atoms with Gasteiger partial charge in [0.15, 0.2) is 0 Å². The summed E-state index contributed by atoms with van der Waals surface area (Å²) in [4.78, 5) is 12.1. The second kappa shape index (κ2) is 9.88. The highest BCUT2D eigenvalue weighted by atomic mass is 32.2. The van der Waals surface area contributed by atoms with E-state index in [9.17, 15) is 9.36 Å². The molecule has 2 aromatic carbocycles. The fraction of sp³-hybridized carbons (Fsp3) is 0.133. The van der Waals surface area contributed by atoms with Gasteiger partial charge in [0.05, 0.1) is 6.54 Å². The summed E-state index contributed by atoms with van der Waals surface area (Å²) in [5.74, 6) is -1.05. The van der Waals surface area contributed by atoms with Crippen LogP contribution in [0.5, 0.6) is 0 Å². The van der Waals surface area contributed by atoms with Crippen LogP contribution in [0.3, 0.4) is 0 Å². The molecule has 0 heterocycles. The number of hydrogen-bond acceptors (Lipinski definition) is 7. The van der Waals surface area contributed by atoms with Crippen LogP contribution in [0, 0.1) is 0 Å². The molecule has 0 spiro atoms. The van der Waals surface area contributed by atoms with E-state index >= 15 is 0 Å². The monoisotopic (exact) mass is 385 g/mol. The molecule has 0 unspecified atom stereocenters. The molecule has 0 saturated carbocycles. The highest BCUT2D eigenvalue weighted by Crippen LogP contribution is 2.55. The van der Waals surface area contributed by atoms with Crippen molar-refractivity contribution in [1.82, 2.24) is 5.32 Å². The summed E-state index contributed by atoms with van der Waals surface area (Å²) in [6, 6.07) is 18.3. The first-order valence-corrected chi connectivity index (χ1v) is 10.1. The molecule has 128 valence electrons. The van der Waals surface area contributed by atoms with E-state index in [-0.39, 0.29) is 12.8 Å². The quantitative estimate of drug-likeness (QED) is 0.464. The molecule has 0 aliphatic carbocycles. The smallest absolute Gasteiger partial charge is 0.367 e. The number of benzene rings is 2. The molecule has 2 aromatic rings. The topological polar surface area (TPSA) is 84.9 Å². The van der Waals surface area contributed by atoms with Gasteiger partial charge >= 0.3 is 13.6 Å². The maximum absolute atomic E-state index is 12.8. The van der Waals surface area contributed by atoms with Crippen molar-refractivity contribution in [3.05, 3.63) is 60.7 Å². The molecular formula is C15H16NO5PS2. The second-order valence-electron chi connectivity index (χ2n) is 4.53. The fourth-order valence-electron chi connectivity index (χ4n) is 1.52.